The van der Waals surface area contributed by atoms with E-state index in [2.05, 4.69) is 51.9 Å². The Hall–Kier alpha value is -0.930. The summed E-state index contributed by atoms with van der Waals surface area (Å²) in [6.45, 7) is 9.53. The first kappa shape index (κ1) is 16.4. The van der Waals surface area contributed by atoms with Crippen LogP contribution in [0.2, 0.25) is 0 Å². The molecule has 1 aromatic heterocycles. The number of hydrogen-bond acceptors (Lipinski definition) is 3. The second-order valence-corrected chi connectivity index (χ2v) is 6.90. The van der Waals surface area contributed by atoms with Crippen LogP contribution in [0.3, 0.4) is 0 Å². The van der Waals surface area contributed by atoms with Gasteiger partial charge in [0, 0.05) is 25.5 Å². The zero-order valence-corrected chi connectivity index (χ0v) is 14.2. The van der Waals surface area contributed by atoms with Crippen LogP contribution in [0.15, 0.2) is 12.1 Å². The molecule has 2 heterocycles. The van der Waals surface area contributed by atoms with Crippen LogP contribution in [-0.4, -0.2) is 37.2 Å². The minimum Gasteiger partial charge on any atom is -0.381 e. The maximum absolute atomic E-state index is 5.51. The molecule has 21 heavy (non-hydrogen) atoms. The van der Waals surface area contributed by atoms with Gasteiger partial charge in [-0.15, -0.1) is 0 Å². The molecule has 2 rings (SSSR count). The van der Waals surface area contributed by atoms with E-state index in [-0.39, 0.29) is 0 Å². The van der Waals surface area contributed by atoms with Crippen LogP contribution in [0.5, 0.6) is 0 Å². The van der Waals surface area contributed by atoms with Crippen molar-refractivity contribution in [1.82, 2.24) is 9.88 Å². The zero-order valence-electron chi connectivity index (χ0n) is 14.2. The molecule has 3 heteroatoms. The minimum atomic E-state index is 0.485. The molecule has 1 atom stereocenters. The Morgan fingerprint density at radius 3 is 2.43 bits per heavy atom. The molecule has 1 aromatic rings. The van der Waals surface area contributed by atoms with Gasteiger partial charge < -0.3 is 9.64 Å². The third kappa shape index (κ3) is 4.27. The van der Waals surface area contributed by atoms with Crippen LogP contribution in [0, 0.1) is 5.92 Å². The number of nitrogens with zero attached hydrogens (tertiary/aromatic N) is 2. The SMILES string of the molecule is CC(C)c1ccc([C@@H](C)C2CCOCC2)c(CN(C)C)n1. The smallest absolute Gasteiger partial charge is 0.0581 e. The summed E-state index contributed by atoms with van der Waals surface area (Å²) in [5.41, 5.74) is 3.89. The molecular formula is C18H30N2O. The van der Waals surface area contributed by atoms with Gasteiger partial charge in [0.1, 0.15) is 0 Å². The Balaban J connectivity index is 2.27. The Morgan fingerprint density at radius 2 is 1.86 bits per heavy atom. The van der Waals surface area contributed by atoms with Gasteiger partial charge in [-0.05, 0) is 56.3 Å². The van der Waals surface area contributed by atoms with Crippen molar-refractivity contribution in [2.24, 2.45) is 5.92 Å². The Labute approximate surface area is 129 Å². The number of rotatable bonds is 5. The van der Waals surface area contributed by atoms with Crippen LogP contribution >= 0.6 is 0 Å². The van der Waals surface area contributed by atoms with Crippen molar-refractivity contribution >= 4 is 0 Å². The van der Waals surface area contributed by atoms with Crippen LogP contribution in [0.1, 0.15) is 62.4 Å². The predicted octanol–water partition coefficient (Wildman–Crippen LogP) is 3.80. The van der Waals surface area contributed by atoms with Gasteiger partial charge in [0.25, 0.3) is 0 Å². The lowest BCUT2D eigenvalue weighted by Crippen LogP contribution is -2.23. The van der Waals surface area contributed by atoms with Crippen molar-refractivity contribution in [1.29, 1.82) is 0 Å². The fraction of sp³-hybridized carbons (Fsp3) is 0.722. The van der Waals surface area contributed by atoms with Crippen LogP contribution in [-0.2, 0) is 11.3 Å². The summed E-state index contributed by atoms with van der Waals surface area (Å²) < 4.78 is 5.51. The molecule has 0 amide bonds. The minimum absolute atomic E-state index is 0.485. The fourth-order valence-electron chi connectivity index (χ4n) is 3.16. The van der Waals surface area contributed by atoms with E-state index in [1.54, 1.807) is 0 Å². The number of aromatic nitrogens is 1. The molecule has 0 bridgehead atoms. The first-order valence-corrected chi connectivity index (χ1v) is 8.21. The summed E-state index contributed by atoms with van der Waals surface area (Å²) >= 11 is 0. The monoisotopic (exact) mass is 290 g/mol. The fourth-order valence-corrected chi connectivity index (χ4v) is 3.16. The maximum Gasteiger partial charge on any atom is 0.0581 e. The van der Waals surface area contributed by atoms with E-state index < -0.39 is 0 Å². The molecule has 118 valence electrons. The molecule has 1 saturated heterocycles. The van der Waals surface area contributed by atoms with Crippen LogP contribution < -0.4 is 0 Å². The van der Waals surface area contributed by atoms with E-state index in [0.717, 1.165) is 25.7 Å². The third-order valence-electron chi connectivity index (χ3n) is 4.55. The number of pyridine rings is 1. The first-order valence-electron chi connectivity index (χ1n) is 8.21. The molecule has 0 spiro atoms. The van der Waals surface area contributed by atoms with E-state index in [1.165, 1.54) is 29.8 Å². The summed E-state index contributed by atoms with van der Waals surface area (Å²) in [7, 11) is 4.24. The standard InChI is InChI=1S/C18H30N2O/c1-13(2)17-7-6-16(18(19-17)12-20(4)5)14(3)15-8-10-21-11-9-15/h6-7,13-15H,8-12H2,1-5H3/t14-/m0/s1. The average Bonchev–Trinajstić information content (AvgIpc) is 2.46. The summed E-state index contributed by atoms with van der Waals surface area (Å²) in [5, 5.41) is 0. The molecule has 0 aromatic carbocycles. The molecule has 0 aliphatic carbocycles. The van der Waals surface area contributed by atoms with Gasteiger partial charge in [-0.25, -0.2) is 0 Å². The lowest BCUT2D eigenvalue weighted by atomic mass is 9.81. The van der Waals surface area contributed by atoms with Crippen LogP contribution in [0.25, 0.3) is 0 Å². The van der Waals surface area contributed by atoms with Crippen molar-refractivity contribution in [2.45, 2.75) is 52.0 Å². The predicted molar refractivity (Wildman–Crippen MR) is 87.7 cm³/mol. The zero-order chi connectivity index (χ0) is 15.4. The Morgan fingerprint density at radius 1 is 1.19 bits per heavy atom. The van der Waals surface area contributed by atoms with Gasteiger partial charge >= 0.3 is 0 Å². The van der Waals surface area contributed by atoms with Crippen LogP contribution in [0.4, 0.5) is 0 Å². The molecule has 0 radical (unpaired) electrons. The molecule has 1 fully saturated rings. The molecule has 1 aliphatic heterocycles. The largest absolute Gasteiger partial charge is 0.381 e. The first-order chi connectivity index (χ1) is 9.99. The second-order valence-electron chi connectivity index (χ2n) is 6.90. The highest BCUT2D eigenvalue weighted by atomic mass is 16.5. The summed E-state index contributed by atoms with van der Waals surface area (Å²) in [6.07, 6.45) is 2.35. The highest BCUT2D eigenvalue weighted by Gasteiger charge is 2.24. The van der Waals surface area contributed by atoms with Crippen molar-refractivity contribution in [3.8, 4) is 0 Å². The maximum atomic E-state index is 5.51. The van der Waals surface area contributed by atoms with E-state index in [0.29, 0.717) is 11.8 Å². The Kier molecular flexibility index (Phi) is 5.77. The summed E-state index contributed by atoms with van der Waals surface area (Å²) in [6, 6.07) is 4.54. The van der Waals surface area contributed by atoms with E-state index in [4.69, 9.17) is 9.72 Å². The number of ether oxygens (including phenoxy) is 1. The number of hydrogen-bond donors (Lipinski definition) is 0. The molecular weight excluding hydrogens is 260 g/mol. The highest BCUT2D eigenvalue weighted by Crippen LogP contribution is 2.33. The van der Waals surface area contributed by atoms with Crippen molar-refractivity contribution in [3.63, 3.8) is 0 Å². The average molecular weight is 290 g/mol. The molecule has 0 unspecified atom stereocenters. The van der Waals surface area contributed by atoms with Gasteiger partial charge in [-0.1, -0.05) is 26.8 Å². The summed E-state index contributed by atoms with van der Waals surface area (Å²) in [5.74, 6) is 1.78. The lowest BCUT2D eigenvalue weighted by Gasteiger charge is -2.29. The van der Waals surface area contributed by atoms with Gasteiger partial charge in [0.15, 0.2) is 0 Å². The van der Waals surface area contributed by atoms with Gasteiger partial charge in [-0.2, -0.15) is 0 Å². The van der Waals surface area contributed by atoms with Gasteiger partial charge in [0.2, 0.25) is 0 Å². The highest BCUT2D eigenvalue weighted by molar-refractivity contribution is 5.28. The van der Waals surface area contributed by atoms with E-state index in [1.807, 2.05) is 0 Å². The normalized spacial score (nSPS) is 18.4. The second kappa shape index (κ2) is 7.37. The van der Waals surface area contributed by atoms with Crippen molar-refractivity contribution in [2.75, 3.05) is 27.3 Å². The third-order valence-corrected chi connectivity index (χ3v) is 4.55. The molecule has 0 saturated carbocycles. The molecule has 3 nitrogen and oxygen atoms in total. The molecule has 0 N–H and O–H groups in total. The van der Waals surface area contributed by atoms with Crippen molar-refractivity contribution < 1.29 is 4.74 Å². The molecule has 1 aliphatic rings. The van der Waals surface area contributed by atoms with Gasteiger partial charge in [0.05, 0.1) is 5.69 Å². The van der Waals surface area contributed by atoms with E-state index in [9.17, 15) is 0 Å². The topological polar surface area (TPSA) is 25.4 Å². The van der Waals surface area contributed by atoms with E-state index >= 15 is 0 Å². The lowest BCUT2D eigenvalue weighted by molar-refractivity contribution is 0.0594. The Bertz CT molecular complexity index is 451. The summed E-state index contributed by atoms with van der Waals surface area (Å²) in [4.78, 5) is 7.17. The quantitative estimate of drug-likeness (QED) is 0.825. The van der Waals surface area contributed by atoms with Gasteiger partial charge in [-0.3, -0.25) is 4.98 Å². The van der Waals surface area contributed by atoms with Crippen molar-refractivity contribution in [3.05, 3.63) is 29.1 Å².